The van der Waals surface area contributed by atoms with Crippen molar-refractivity contribution in [3.63, 3.8) is 0 Å². The summed E-state index contributed by atoms with van der Waals surface area (Å²) in [5.41, 5.74) is 0. The van der Waals surface area contributed by atoms with Crippen LogP contribution >= 0.6 is 0 Å². The van der Waals surface area contributed by atoms with E-state index in [4.69, 9.17) is 5.11 Å². The Morgan fingerprint density at radius 2 is 1.46 bits per heavy atom. The Balaban J connectivity index is 3.64. The number of unbranched alkanes of at least 4 members (excludes halogenated alkanes) is 7. The molecule has 0 bridgehead atoms. The smallest absolute Gasteiger partial charge is 0.306 e. The first kappa shape index (κ1) is 25.1. The van der Waals surface area contributed by atoms with Crippen molar-refractivity contribution < 1.29 is 30.3 Å². The van der Waals surface area contributed by atoms with Gasteiger partial charge >= 0.3 is 5.97 Å². The van der Waals surface area contributed by atoms with E-state index in [2.05, 4.69) is 6.92 Å². The van der Waals surface area contributed by atoms with E-state index < -0.39 is 30.7 Å². The molecule has 0 amide bonds. The molecule has 0 aliphatic carbocycles. The molecule has 6 heteroatoms. The van der Waals surface area contributed by atoms with Gasteiger partial charge in [0, 0.05) is 0 Å². The maximum atomic E-state index is 10.5. The van der Waals surface area contributed by atoms with Crippen molar-refractivity contribution in [2.75, 3.05) is 0 Å². The molecule has 4 atom stereocenters. The van der Waals surface area contributed by atoms with Gasteiger partial charge in [-0.25, -0.2) is 0 Å². The predicted molar refractivity (Wildman–Crippen MR) is 102 cm³/mol. The predicted octanol–water partition coefficient (Wildman–Crippen LogP) is 2.77. The topological polar surface area (TPSA) is 118 Å². The number of carbonyl (C=O) groups is 1. The monoisotopic (exact) mass is 374 g/mol. The molecule has 0 aliphatic rings. The van der Waals surface area contributed by atoms with Crippen molar-refractivity contribution in [1.29, 1.82) is 0 Å². The van der Waals surface area contributed by atoms with E-state index in [1.165, 1.54) is 25.3 Å². The molecule has 0 saturated heterocycles. The van der Waals surface area contributed by atoms with Crippen LogP contribution in [0.25, 0.3) is 0 Å². The van der Waals surface area contributed by atoms with Crippen LogP contribution in [-0.2, 0) is 4.79 Å². The standard InChI is InChI=1S/C20H38O6/c1-2-3-4-9-12-16(21)13-10-7-5-6-8-11-14-17(22)20(26)18(23)15-19(24)25/h11,14,16-18,20-23,26H,2-10,12-13,15H2,1H3,(H,24,25). The van der Waals surface area contributed by atoms with Crippen LogP contribution in [0.15, 0.2) is 12.2 Å². The molecule has 0 spiro atoms. The molecule has 0 aliphatic heterocycles. The van der Waals surface area contributed by atoms with Gasteiger partial charge in [0.25, 0.3) is 0 Å². The Kier molecular flexibility index (Phi) is 15.6. The third kappa shape index (κ3) is 14.2. The molecule has 0 aromatic rings. The van der Waals surface area contributed by atoms with E-state index in [0.717, 1.165) is 51.4 Å². The molecule has 0 rings (SSSR count). The van der Waals surface area contributed by atoms with E-state index in [1.807, 2.05) is 0 Å². The average Bonchev–Trinajstić information content (AvgIpc) is 2.59. The maximum Gasteiger partial charge on any atom is 0.306 e. The van der Waals surface area contributed by atoms with Crippen LogP contribution in [0.3, 0.4) is 0 Å². The van der Waals surface area contributed by atoms with Crippen molar-refractivity contribution in [3.8, 4) is 0 Å². The van der Waals surface area contributed by atoms with Crippen LogP contribution in [0.2, 0.25) is 0 Å². The third-order valence-corrected chi connectivity index (χ3v) is 4.51. The molecule has 0 radical (unpaired) electrons. The highest BCUT2D eigenvalue weighted by Crippen LogP contribution is 2.13. The van der Waals surface area contributed by atoms with Crippen molar-refractivity contribution in [1.82, 2.24) is 0 Å². The molecular formula is C20H38O6. The molecule has 0 aromatic heterocycles. The van der Waals surface area contributed by atoms with Gasteiger partial charge < -0.3 is 25.5 Å². The highest BCUT2D eigenvalue weighted by atomic mass is 16.4. The van der Waals surface area contributed by atoms with Gasteiger partial charge in [0.15, 0.2) is 0 Å². The maximum absolute atomic E-state index is 10.5. The Labute approximate surface area is 157 Å². The molecule has 5 N–H and O–H groups in total. The first-order chi connectivity index (χ1) is 12.4. The minimum Gasteiger partial charge on any atom is -0.481 e. The molecule has 4 unspecified atom stereocenters. The summed E-state index contributed by atoms with van der Waals surface area (Å²) in [4.78, 5) is 10.5. The number of hydrogen-bond donors (Lipinski definition) is 5. The summed E-state index contributed by atoms with van der Waals surface area (Å²) in [6, 6.07) is 0. The van der Waals surface area contributed by atoms with Gasteiger partial charge in [-0.3, -0.25) is 4.79 Å². The van der Waals surface area contributed by atoms with Crippen molar-refractivity contribution in [3.05, 3.63) is 12.2 Å². The zero-order valence-corrected chi connectivity index (χ0v) is 16.1. The number of rotatable bonds is 17. The van der Waals surface area contributed by atoms with Crippen LogP contribution in [0.4, 0.5) is 0 Å². The van der Waals surface area contributed by atoms with Gasteiger partial charge in [0.05, 0.1) is 18.6 Å². The largest absolute Gasteiger partial charge is 0.481 e. The molecule has 0 aromatic carbocycles. The lowest BCUT2D eigenvalue weighted by molar-refractivity contribution is -0.142. The Morgan fingerprint density at radius 3 is 2.04 bits per heavy atom. The fourth-order valence-electron chi connectivity index (χ4n) is 2.82. The lowest BCUT2D eigenvalue weighted by Crippen LogP contribution is -2.37. The first-order valence-electron chi connectivity index (χ1n) is 9.99. The van der Waals surface area contributed by atoms with Gasteiger partial charge in [-0.15, -0.1) is 0 Å². The summed E-state index contributed by atoms with van der Waals surface area (Å²) in [6.07, 6.45) is 9.42. The van der Waals surface area contributed by atoms with Gasteiger partial charge in [0.2, 0.25) is 0 Å². The SMILES string of the molecule is CCCCCCC(O)CCCCCCC=CC(O)C(O)C(O)CC(=O)O. The molecule has 26 heavy (non-hydrogen) atoms. The zero-order chi connectivity index (χ0) is 19.8. The van der Waals surface area contributed by atoms with Crippen molar-refractivity contribution >= 4 is 5.97 Å². The molecule has 154 valence electrons. The van der Waals surface area contributed by atoms with Gasteiger partial charge in [-0.2, -0.15) is 0 Å². The number of carboxylic acids is 1. The number of aliphatic hydroxyl groups excluding tert-OH is 4. The Bertz CT molecular complexity index is 371. The van der Waals surface area contributed by atoms with Gasteiger partial charge in [0.1, 0.15) is 12.2 Å². The lowest BCUT2D eigenvalue weighted by Gasteiger charge is -2.19. The van der Waals surface area contributed by atoms with E-state index in [1.54, 1.807) is 6.08 Å². The summed E-state index contributed by atoms with van der Waals surface area (Å²) < 4.78 is 0. The minimum atomic E-state index is -1.50. The van der Waals surface area contributed by atoms with Crippen LogP contribution in [0.1, 0.15) is 84.0 Å². The molecular weight excluding hydrogens is 336 g/mol. The number of aliphatic hydroxyl groups is 4. The fraction of sp³-hybridized carbons (Fsp3) is 0.850. The lowest BCUT2D eigenvalue weighted by atomic mass is 10.0. The van der Waals surface area contributed by atoms with Crippen LogP contribution < -0.4 is 0 Å². The zero-order valence-electron chi connectivity index (χ0n) is 16.1. The van der Waals surface area contributed by atoms with E-state index in [-0.39, 0.29) is 6.10 Å². The second kappa shape index (κ2) is 16.2. The fourth-order valence-corrected chi connectivity index (χ4v) is 2.82. The summed E-state index contributed by atoms with van der Waals surface area (Å²) in [5, 5.41) is 47.2. The number of aliphatic carboxylic acids is 1. The average molecular weight is 375 g/mol. The summed E-state index contributed by atoms with van der Waals surface area (Å²) >= 11 is 0. The molecule has 6 nitrogen and oxygen atoms in total. The van der Waals surface area contributed by atoms with Gasteiger partial charge in [-0.1, -0.05) is 64.0 Å². The first-order valence-corrected chi connectivity index (χ1v) is 9.99. The van der Waals surface area contributed by atoms with Crippen molar-refractivity contribution in [2.24, 2.45) is 0 Å². The second-order valence-electron chi connectivity index (χ2n) is 7.07. The van der Waals surface area contributed by atoms with Crippen LogP contribution in [0, 0.1) is 0 Å². The van der Waals surface area contributed by atoms with Crippen molar-refractivity contribution in [2.45, 2.75) is 108 Å². The Hall–Kier alpha value is -0.950. The molecule has 0 heterocycles. The quantitative estimate of drug-likeness (QED) is 0.197. The van der Waals surface area contributed by atoms with E-state index in [0.29, 0.717) is 0 Å². The number of carboxylic acid groups (broad SMARTS) is 1. The highest BCUT2D eigenvalue weighted by molar-refractivity contribution is 5.67. The summed E-state index contributed by atoms with van der Waals surface area (Å²) in [7, 11) is 0. The minimum absolute atomic E-state index is 0.180. The molecule has 0 saturated carbocycles. The third-order valence-electron chi connectivity index (χ3n) is 4.51. The Morgan fingerprint density at radius 1 is 0.885 bits per heavy atom. The number of allylic oxidation sites excluding steroid dienone is 1. The summed E-state index contributed by atoms with van der Waals surface area (Å²) in [6.45, 7) is 2.18. The highest BCUT2D eigenvalue weighted by Gasteiger charge is 2.24. The summed E-state index contributed by atoms with van der Waals surface area (Å²) in [5.74, 6) is -1.22. The van der Waals surface area contributed by atoms with E-state index in [9.17, 15) is 25.2 Å². The van der Waals surface area contributed by atoms with Crippen LogP contribution in [0.5, 0.6) is 0 Å². The van der Waals surface area contributed by atoms with E-state index >= 15 is 0 Å². The van der Waals surface area contributed by atoms with Gasteiger partial charge in [-0.05, 0) is 25.7 Å². The second-order valence-corrected chi connectivity index (χ2v) is 7.07. The molecule has 0 fully saturated rings. The normalized spacial score (nSPS) is 16.5. The number of hydrogen-bond acceptors (Lipinski definition) is 5. The van der Waals surface area contributed by atoms with Crippen LogP contribution in [-0.4, -0.2) is 55.9 Å².